The zero-order valence-corrected chi connectivity index (χ0v) is 27.6. The lowest BCUT2D eigenvalue weighted by molar-refractivity contribution is -0.130. The molecule has 6 rings (SSSR count). The van der Waals surface area contributed by atoms with Gasteiger partial charge in [-0.3, -0.25) is 19.4 Å². The average molecular weight is 571 g/mol. The van der Waals surface area contributed by atoms with Gasteiger partial charge in [0.15, 0.2) is 0 Å². The molecule has 4 nitrogen and oxygen atoms in total. The highest BCUT2D eigenvalue weighted by Gasteiger charge is 2.39. The predicted molar refractivity (Wildman–Crippen MR) is 173 cm³/mol. The van der Waals surface area contributed by atoms with Crippen molar-refractivity contribution in [2.75, 3.05) is 26.2 Å². The van der Waals surface area contributed by atoms with Crippen LogP contribution in [0.1, 0.15) is 110 Å². The van der Waals surface area contributed by atoms with Crippen molar-refractivity contribution >= 4 is 11.6 Å². The summed E-state index contributed by atoms with van der Waals surface area (Å²) in [6.45, 7) is 21.8. The number of carbonyl (C=O) groups excluding carboxylic acids is 2. The van der Waals surface area contributed by atoms with Gasteiger partial charge in [0, 0.05) is 62.9 Å². The fourth-order valence-corrected chi connectivity index (χ4v) is 8.03. The van der Waals surface area contributed by atoms with Gasteiger partial charge in [0.2, 0.25) is 0 Å². The Kier molecular flexibility index (Phi) is 9.45. The van der Waals surface area contributed by atoms with Gasteiger partial charge in [0.25, 0.3) is 0 Å². The van der Waals surface area contributed by atoms with E-state index in [1.165, 1.54) is 44.5 Å². The molecule has 2 aromatic carbocycles. The molecular weight excluding hydrogens is 516 g/mol. The van der Waals surface area contributed by atoms with Crippen molar-refractivity contribution in [3.63, 3.8) is 0 Å². The molecule has 4 atom stereocenters. The normalized spacial score (nSPS) is 25.9. The summed E-state index contributed by atoms with van der Waals surface area (Å²) in [5.41, 5.74) is 11.2. The molecule has 4 aliphatic rings. The Morgan fingerprint density at radius 2 is 0.976 bits per heavy atom. The number of hydrogen-bond donors (Lipinski definition) is 0. The van der Waals surface area contributed by atoms with E-state index in [1.54, 1.807) is 0 Å². The molecule has 2 unspecified atom stereocenters. The maximum atomic E-state index is 12.5. The summed E-state index contributed by atoms with van der Waals surface area (Å²) in [6, 6.07) is 10.0. The second-order valence-corrected chi connectivity index (χ2v) is 14.8. The SMILES string of the molecule is Cc1cc2c(cc1C)C1CC(=O)C(CC(C)C)CN1CC2.Cc1cc2c(cc1C)[C@H]1CC(=O)[C@H](CC(C)C)CN1CC2. The van der Waals surface area contributed by atoms with E-state index in [0.717, 1.165) is 51.9 Å². The Morgan fingerprint density at radius 3 is 1.33 bits per heavy atom. The van der Waals surface area contributed by atoms with Crippen LogP contribution in [-0.4, -0.2) is 47.5 Å². The van der Waals surface area contributed by atoms with Gasteiger partial charge in [-0.2, -0.15) is 0 Å². The highest BCUT2D eigenvalue weighted by atomic mass is 16.1. The third-order valence-corrected chi connectivity index (χ3v) is 10.6. The first-order valence-corrected chi connectivity index (χ1v) is 16.6. The Bertz CT molecular complexity index is 1220. The lowest BCUT2D eigenvalue weighted by Gasteiger charge is -2.43. The third-order valence-electron chi connectivity index (χ3n) is 10.6. The first-order valence-electron chi connectivity index (χ1n) is 16.6. The summed E-state index contributed by atoms with van der Waals surface area (Å²) in [6.07, 6.45) is 5.79. The standard InChI is InChI=1S/2C19H27NO/c2*1-12(2)7-16-11-20-6-5-15-8-13(3)14(4)9-17(15)18(20)10-19(16)21/h2*8-9,12,16,18H,5-7,10-11H2,1-4H3/t16-,18-;/m1./s1. The van der Waals surface area contributed by atoms with E-state index >= 15 is 0 Å². The quantitative estimate of drug-likeness (QED) is 0.378. The molecule has 0 radical (unpaired) electrons. The summed E-state index contributed by atoms with van der Waals surface area (Å²) in [5.74, 6) is 2.70. The molecule has 4 aliphatic heterocycles. The van der Waals surface area contributed by atoms with Crippen LogP contribution >= 0.6 is 0 Å². The Morgan fingerprint density at radius 1 is 0.619 bits per heavy atom. The summed E-state index contributed by atoms with van der Waals surface area (Å²) < 4.78 is 0. The number of aryl methyl sites for hydroxylation is 4. The maximum absolute atomic E-state index is 12.5. The molecule has 228 valence electrons. The lowest BCUT2D eigenvalue weighted by Crippen LogP contribution is -2.46. The second kappa shape index (κ2) is 12.7. The molecule has 4 heterocycles. The van der Waals surface area contributed by atoms with Crippen molar-refractivity contribution in [2.45, 2.75) is 106 Å². The molecule has 4 heteroatoms. The predicted octanol–water partition coefficient (Wildman–Crippen LogP) is 7.68. The molecule has 0 amide bonds. The van der Waals surface area contributed by atoms with Gasteiger partial charge >= 0.3 is 0 Å². The molecule has 0 N–H and O–H groups in total. The fourth-order valence-electron chi connectivity index (χ4n) is 8.03. The molecule has 0 bridgehead atoms. The number of Topliss-reactive ketones (excluding diaryl/α,β-unsaturated/α-hetero) is 2. The van der Waals surface area contributed by atoms with Crippen LogP contribution < -0.4 is 0 Å². The Hall–Kier alpha value is -2.30. The second-order valence-electron chi connectivity index (χ2n) is 14.8. The number of rotatable bonds is 4. The smallest absolute Gasteiger partial charge is 0.139 e. The van der Waals surface area contributed by atoms with Crippen LogP contribution in [0, 0.1) is 51.4 Å². The number of nitrogens with zero attached hydrogens (tertiary/aromatic N) is 2. The van der Waals surface area contributed by atoms with Crippen molar-refractivity contribution in [1.29, 1.82) is 0 Å². The summed E-state index contributed by atoms with van der Waals surface area (Å²) in [4.78, 5) is 30.2. The molecule has 0 aliphatic carbocycles. The first-order chi connectivity index (χ1) is 19.9. The van der Waals surface area contributed by atoms with Crippen molar-refractivity contribution in [3.8, 4) is 0 Å². The number of benzene rings is 2. The molecule has 2 saturated heterocycles. The van der Waals surface area contributed by atoms with Crippen LogP contribution in [0.3, 0.4) is 0 Å². The maximum Gasteiger partial charge on any atom is 0.139 e. The van der Waals surface area contributed by atoms with E-state index in [-0.39, 0.29) is 11.8 Å². The molecule has 0 spiro atoms. The largest absolute Gasteiger partial charge is 0.299 e. The van der Waals surface area contributed by atoms with Crippen molar-refractivity contribution < 1.29 is 9.59 Å². The van der Waals surface area contributed by atoms with Gasteiger partial charge in [-0.05, 0) is 110 Å². The minimum atomic E-state index is 0.259. The van der Waals surface area contributed by atoms with E-state index in [4.69, 9.17) is 0 Å². The molecular formula is C38H54N2O2. The zero-order valence-electron chi connectivity index (χ0n) is 27.6. The van der Waals surface area contributed by atoms with Crippen molar-refractivity contribution in [2.24, 2.45) is 23.7 Å². The minimum absolute atomic E-state index is 0.259. The minimum Gasteiger partial charge on any atom is -0.299 e. The highest BCUT2D eigenvalue weighted by molar-refractivity contribution is 5.83. The van der Waals surface area contributed by atoms with Gasteiger partial charge in [-0.15, -0.1) is 0 Å². The Labute approximate surface area is 255 Å². The first kappa shape index (κ1) is 31.1. The number of ketones is 2. The molecule has 0 aromatic heterocycles. The number of hydrogen-bond acceptors (Lipinski definition) is 4. The van der Waals surface area contributed by atoms with E-state index in [9.17, 15) is 9.59 Å². The third kappa shape index (κ3) is 6.60. The van der Waals surface area contributed by atoms with Crippen molar-refractivity contribution in [3.05, 3.63) is 68.8 Å². The molecule has 0 saturated carbocycles. The van der Waals surface area contributed by atoms with Crippen LogP contribution in [0.4, 0.5) is 0 Å². The fraction of sp³-hybridized carbons (Fsp3) is 0.632. The number of carbonyl (C=O) groups is 2. The van der Waals surface area contributed by atoms with Crippen LogP contribution in [0.25, 0.3) is 0 Å². The number of fused-ring (bicyclic) bond motifs is 6. The van der Waals surface area contributed by atoms with Crippen LogP contribution in [0.2, 0.25) is 0 Å². The monoisotopic (exact) mass is 570 g/mol. The van der Waals surface area contributed by atoms with Crippen molar-refractivity contribution in [1.82, 2.24) is 9.80 Å². The van der Waals surface area contributed by atoms with E-state index in [1.807, 2.05) is 0 Å². The molecule has 42 heavy (non-hydrogen) atoms. The average Bonchev–Trinajstić information content (AvgIpc) is 2.91. The lowest BCUT2D eigenvalue weighted by atomic mass is 9.79. The van der Waals surface area contributed by atoms with Crippen LogP contribution in [-0.2, 0) is 22.4 Å². The zero-order chi connectivity index (χ0) is 30.3. The van der Waals surface area contributed by atoms with Gasteiger partial charge in [0.1, 0.15) is 11.6 Å². The van der Waals surface area contributed by atoms with E-state index in [2.05, 4.69) is 89.5 Å². The van der Waals surface area contributed by atoms with Crippen LogP contribution in [0.5, 0.6) is 0 Å². The highest BCUT2D eigenvalue weighted by Crippen LogP contribution is 2.40. The van der Waals surface area contributed by atoms with Gasteiger partial charge in [-0.25, -0.2) is 0 Å². The summed E-state index contributed by atoms with van der Waals surface area (Å²) in [7, 11) is 0. The van der Waals surface area contributed by atoms with Gasteiger partial charge < -0.3 is 0 Å². The number of piperidine rings is 2. The summed E-state index contributed by atoms with van der Waals surface area (Å²) >= 11 is 0. The molecule has 2 fully saturated rings. The van der Waals surface area contributed by atoms with Gasteiger partial charge in [-0.1, -0.05) is 52.0 Å². The van der Waals surface area contributed by atoms with Crippen LogP contribution in [0.15, 0.2) is 24.3 Å². The topological polar surface area (TPSA) is 40.6 Å². The summed E-state index contributed by atoms with van der Waals surface area (Å²) in [5, 5.41) is 0. The van der Waals surface area contributed by atoms with Gasteiger partial charge in [0.05, 0.1) is 0 Å². The van der Waals surface area contributed by atoms with E-state index in [0.29, 0.717) is 48.3 Å². The molecule has 2 aromatic rings. The Balaban J connectivity index is 0.000000168. The van der Waals surface area contributed by atoms with E-state index < -0.39 is 0 Å².